The summed E-state index contributed by atoms with van der Waals surface area (Å²) in [5, 5.41) is 9.47. The van der Waals surface area contributed by atoms with Gasteiger partial charge in [-0.25, -0.2) is 0 Å². The molecule has 2 fully saturated rings. The van der Waals surface area contributed by atoms with Crippen molar-refractivity contribution in [2.75, 3.05) is 26.8 Å². The summed E-state index contributed by atoms with van der Waals surface area (Å²) in [4.78, 5) is 13.8. The number of nitrogens with zero attached hydrogens (tertiary/aromatic N) is 1. The fourth-order valence-corrected chi connectivity index (χ4v) is 3.87. The Hall–Kier alpha value is -0.610. The van der Waals surface area contributed by atoms with Crippen molar-refractivity contribution < 1.29 is 14.6 Å². The van der Waals surface area contributed by atoms with Crippen LogP contribution >= 0.6 is 0 Å². The molecule has 1 saturated carbocycles. The standard InChI is InChI=1S/C16H29NO3/c1-3-12-6-7-14(16(18)19)15(9-12)17(2)10-13-5-4-8-20-11-13/h12-15H,3-11H2,1-2H3,(H,18,19). The zero-order valence-corrected chi connectivity index (χ0v) is 12.9. The third kappa shape index (κ3) is 3.95. The Balaban J connectivity index is 1.95. The number of carboxylic acids is 1. The van der Waals surface area contributed by atoms with Crippen molar-refractivity contribution >= 4 is 5.97 Å². The van der Waals surface area contributed by atoms with Crippen molar-refractivity contribution in [1.29, 1.82) is 0 Å². The number of rotatable bonds is 5. The lowest BCUT2D eigenvalue weighted by molar-refractivity contribution is -0.146. The van der Waals surface area contributed by atoms with Gasteiger partial charge in [0.15, 0.2) is 0 Å². The van der Waals surface area contributed by atoms with Gasteiger partial charge in [-0.05, 0) is 51.0 Å². The maximum absolute atomic E-state index is 11.5. The number of hydrogen-bond donors (Lipinski definition) is 1. The summed E-state index contributed by atoms with van der Waals surface area (Å²) in [7, 11) is 2.10. The maximum Gasteiger partial charge on any atom is 0.308 e. The molecule has 1 heterocycles. The van der Waals surface area contributed by atoms with E-state index in [9.17, 15) is 9.90 Å². The monoisotopic (exact) mass is 283 g/mol. The highest BCUT2D eigenvalue weighted by molar-refractivity contribution is 5.71. The van der Waals surface area contributed by atoms with Gasteiger partial charge in [0, 0.05) is 19.2 Å². The molecule has 0 radical (unpaired) electrons. The predicted molar refractivity (Wildman–Crippen MR) is 78.7 cm³/mol. The van der Waals surface area contributed by atoms with Gasteiger partial charge in [0.1, 0.15) is 0 Å². The van der Waals surface area contributed by atoms with E-state index >= 15 is 0 Å². The highest BCUT2D eigenvalue weighted by Gasteiger charge is 2.37. The SMILES string of the molecule is CCC1CCC(C(=O)O)C(N(C)CC2CCCOC2)C1. The zero-order valence-electron chi connectivity index (χ0n) is 12.9. The molecule has 0 spiro atoms. The van der Waals surface area contributed by atoms with Crippen LogP contribution in [0.3, 0.4) is 0 Å². The molecule has 0 amide bonds. The Bertz CT molecular complexity index is 315. The lowest BCUT2D eigenvalue weighted by atomic mass is 9.76. The molecule has 0 aromatic heterocycles. The van der Waals surface area contributed by atoms with Crippen molar-refractivity contribution in [3.05, 3.63) is 0 Å². The molecule has 116 valence electrons. The molecule has 4 heteroatoms. The van der Waals surface area contributed by atoms with Crippen molar-refractivity contribution in [3.8, 4) is 0 Å². The van der Waals surface area contributed by atoms with E-state index in [-0.39, 0.29) is 12.0 Å². The first-order valence-electron chi connectivity index (χ1n) is 8.12. The average Bonchev–Trinajstić information content (AvgIpc) is 2.47. The Kier molecular flexibility index (Phi) is 5.85. The van der Waals surface area contributed by atoms with Crippen LogP contribution in [-0.2, 0) is 9.53 Å². The molecular formula is C16H29NO3. The van der Waals surface area contributed by atoms with E-state index < -0.39 is 5.97 Å². The van der Waals surface area contributed by atoms with E-state index in [0.717, 1.165) is 45.4 Å². The van der Waals surface area contributed by atoms with Crippen LogP contribution in [-0.4, -0.2) is 48.8 Å². The molecule has 20 heavy (non-hydrogen) atoms. The Morgan fingerprint density at radius 1 is 1.30 bits per heavy atom. The van der Waals surface area contributed by atoms with Crippen molar-refractivity contribution in [3.63, 3.8) is 0 Å². The molecule has 0 bridgehead atoms. The summed E-state index contributed by atoms with van der Waals surface area (Å²) < 4.78 is 5.54. The number of ether oxygens (including phenoxy) is 1. The van der Waals surface area contributed by atoms with E-state index in [2.05, 4.69) is 18.9 Å². The topological polar surface area (TPSA) is 49.8 Å². The number of aliphatic carboxylic acids is 1. The molecule has 4 unspecified atom stereocenters. The Morgan fingerprint density at radius 2 is 2.10 bits per heavy atom. The van der Waals surface area contributed by atoms with E-state index in [1.807, 2.05) is 0 Å². The average molecular weight is 283 g/mol. The second-order valence-corrected chi connectivity index (χ2v) is 6.62. The largest absolute Gasteiger partial charge is 0.481 e. The first kappa shape index (κ1) is 15.8. The minimum Gasteiger partial charge on any atom is -0.481 e. The van der Waals surface area contributed by atoms with Crippen LogP contribution in [0.4, 0.5) is 0 Å². The lowest BCUT2D eigenvalue weighted by Crippen LogP contribution is -2.47. The summed E-state index contributed by atoms with van der Waals surface area (Å²) in [6.45, 7) is 4.92. The molecule has 1 N–H and O–H groups in total. The van der Waals surface area contributed by atoms with Gasteiger partial charge in [-0.3, -0.25) is 4.79 Å². The quantitative estimate of drug-likeness (QED) is 0.842. The normalized spacial score (nSPS) is 35.1. The smallest absolute Gasteiger partial charge is 0.308 e. The Morgan fingerprint density at radius 3 is 2.70 bits per heavy atom. The highest BCUT2D eigenvalue weighted by atomic mass is 16.5. The number of hydrogen-bond acceptors (Lipinski definition) is 3. The zero-order chi connectivity index (χ0) is 14.5. The van der Waals surface area contributed by atoms with Crippen LogP contribution in [0.1, 0.15) is 45.4 Å². The lowest BCUT2D eigenvalue weighted by Gasteiger charge is -2.41. The predicted octanol–water partition coefficient (Wildman–Crippen LogP) is 2.62. The van der Waals surface area contributed by atoms with E-state index in [4.69, 9.17) is 4.74 Å². The molecule has 1 saturated heterocycles. The van der Waals surface area contributed by atoms with Gasteiger partial charge < -0.3 is 14.7 Å². The molecule has 0 aromatic rings. The van der Waals surface area contributed by atoms with E-state index in [1.165, 1.54) is 12.8 Å². The highest BCUT2D eigenvalue weighted by Crippen LogP contribution is 2.34. The van der Waals surface area contributed by atoms with Gasteiger partial charge in [0.25, 0.3) is 0 Å². The van der Waals surface area contributed by atoms with Crippen LogP contribution < -0.4 is 0 Å². The van der Waals surface area contributed by atoms with E-state index in [0.29, 0.717) is 11.8 Å². The van der Waals surface area contributed by atoms with Gasteiger partial charge in [0.2, 0.25) is 0 Å². The first-order chi connectivity index (χ1) is 9.61. The van der Waals surface area contributed by atoms with Crippen LogP contribution in [0.25, 0.3) is 0 Å². The summed E-state index contributed by atoms with van der Waals surface area (Å²) >= 11 is 0. The Labute approximate surface area is 122 Å². The molecule has 1 aliphatic carbocycles. The second kappa shape index (κ2) is 7.41. The third-order valence-electron chi connectivity index (χ3n) is 5.19. The molecule has 0 aromatic carbocycles. The van der Waals surface area contributed by atoms with Gasteiger partial charge in [-0.15, -0.1) is 0 Å². The number of carbonyl (C=O) groups is 1. The van der Waals surface area contributed by atoms with E-state index in [1.54, 1.807) is 0 Å². The fraction of sp³-hybridized carbons (Fsp3) is 0.938. The summed E-state index contributed by atoms with van der Waals surface area (Å²) in [6, 6.07) is 0.202. The molecule has 4 nitrogen and oxygen atoms in total. The molecule has 4 atom stereocenters. The van der Waals surface area contributed by atoms with Crippen molar-refractivity contribution in [2.24, 2.45) is 17.8 Å². The first-order valence-corrected chi connectivity index (χ1v) is 8.12. The van der Waals surface area contributed by atoms with Crippen LogP contribution in [0.2, 0.25) is 0 Å². The van der Waals surface area contributed by atoms with Gasteiger partial charge in [-0.1, -0.05) is 13.3 Å². The number of carboxylic acid groups (broad SMARTS) is 1. The van der Waals surface area contributed by atoms with Gasteiger partial charge >= 0.3 is 5.97 Å². The summed E-state index contributed by atoms with van der Waals surface area (Å²) in [5.41, 5.74) is 0. The van der Waals surface area contributed by atoms with Crippen LogP contribution in [0.5, 0.6) is 0 Å². The molecule has 2 rings (SSSR count). The van der Waals surface area contributed by atoms with Crippen LogP contribution in [0.15, 0.2) is 0 Å². The van der Waals surface area contributed by atoms with Gasteiger partial charge in [-0.2, -0.15) is 0 Å². The maximum atomic E-state index is 11.5. The van der Waals surface area contributed by atoms with Crippen molar-refractivity contribution in [2.45, 2.75) is 51.5 Å². The summed E-state index contributed by atoms with van der Waals surface area (Å²) in [5.74, 6) is 0.467. The third-order valence-corrected chi connectivity index (χ3v) is 5.19. The minimum absolute atomic E-state index is 0.188. The molecule has 1 aliphatic heterocycles. The summed E-state index contributed by atoms with van der Waals surface area (Å²) in [6.07, 6.45) is 6.48. The van der Waals surface area contributed by atoms with Crippen molar-refractivity contribution in [1.82, 2.24) is 4.90 Å². The van der Waals surface area contributed by atoms with Gasteiger partial charge in [0.05, 0.1) is 12.5 Å². The second-order valence-electron chi connectivity index (χ2n) is 6.62. The molecule has 2 aliphatic rings. The fourth-order valence-electron chi connectivity index (χ4n) is 3.87. The minimum atomic E-state index is -0.615. The van der Waals surface area contributed by atoms with Crippen LogP contribution in [0, 0.1) is 17.8 Å². The molecular weight excluding hydrogens is 254 g/mol.